The lowest BCUT2D eigenvalue weighted by Gasteiger charge is -2.37. The van der Waals surface area contributed by atoms with Crippen LogP contribution in [-0.4, -0.2) is 58.2 Å². The number of methoxy groups -OCH3 is 3. The normalized spacial score (nSPS) is 21.6. The number of aliphatic hydroxyl groups excluding tert-OH is 1. The summed E-state index contributed by atoms with van der Waals surface area (Å²) in [5.74, 6) is -0.361. The summed E-state index contributed by atoms with van der Waals surface area (Å²) in [6, 6.07) is 3.38. The topological polar surface area (TPSA) is 110 Å². The van der Waals surface area contributed by atoms with Gasteiger partial charge in [-0.25, -0.2) is 9.59 Å². The molecule has 0 spiro atoms. The van der Waals surface area contributed by atoms with Crippen LogP contribution in [-0.2, 0) is 35.1 Å². The van der Waals surface area contributed by atoms with E-state index in [2.05, 4.69) is 4.74 Å². The van der Waals surface area contributed by atoms with Gasteiger partial charge in [-0.2, -0.15) is 0 Å². The SMILES string of the molecule is COC(=O)/C=C/C(=O)OCC1(C)COC(c2c(OC)cc(CO)cc2OC)OC1. The zero-order valence-electron chi connectivity index (χ0n) is 16.9. The van der Waals surface area contributed by atoms with Crippen LogP contribution in [0.4, 0.5) is 0 Å². The Morgan fingerprint density at radius 3 is 2.14 bits per heavy atom. The Hall–Kier alpha value is -2.62. The first-order valence-electron chi connectivity index (χ1n) is 8.87. The van der Waals surface area contributed by atoms with Crippen LogP contribution in [0.1, 0.15) is 24.3 Å². The molecule has 1 fully saturated rings. The quantitative estimate of drug-likeness (QED) is 0.504. The van der Waals surface area contributed by atoms with E-state index in [1.54, 1.807) is 12.1 Å². The fourth-order valence-corrected chi connectivity index (χ4v) is 2.71. The third-order valence-corrected chi connectivity index (χ3v) is 4.31. The minimum atomic E-state index is -0.740. The smallest absolute Gasteiger partial charge is 0.331 e. The molecule has 0 amide bonds. The molecule has 0 aliphatic carbocycles. The van der Waals surface area contributed by atoms with E-state index < -0.39 is 23.6 Å². The molecule has 0 radical (unpaired) electrons. The van der Waals surface area contributed by atoms with Crippen LogP contribution < -0.4 is 9.47 Å². The first-order chi connectivity index (χ1) is 13.9. The van der Waals surface area contributed by atoms with Crippen molar-refractivity contribution in [3.05, 3.63) is 35.4 Å². The number of ether oxygens (including phenoxy) is 6. The molecular formula is C20H26O9. The fourth-order valence-electron chi connectivity index (χ4n) is 2.71. The monoisotopic (exact) mass is 410 g/mol. The molecule has 9 heteroatoms. The van der Waals surface area contributed by atoms with Gasteiger partial charge in [0.1, 0.15) is 18.1 Å². The van der Waals surface area contributed by atoms with Gasteiger partial charge < -0.3 is 33.5 Å². The highest BCUT2D eigenvalue weighted by Gasteiger charge is 2.37. The molecule has 160 valence electrons. The molecule has 0 bridgehead atoms. The first kappa shape index (κ1) is 22.7. The number of aliphatic hydroxyl groups is 1. The molecule has 0 saturated carbocycles. The molecule has 9 nitrogen and oxygen atoms in total. The number of hydrogen-bond acceptors (Lipinski definition) is 9. The van der Waals surface area contributed by atoms with Gasteiger partial charge >= 0.3 is 11.9 Å². The standard InChI is InChI=1S/C20H26O9/c1-20(10-27-17(23)6-5-16(22)26-4)11-28-19(29-12-20)18-14(24-2)7-13(9-21)8-15(18)25-3/h5-8,19,21H,9-12H2,1-4H3/b6-5+. The number of carbonyl (C=O) groups excluding carboxylic acids is 2. The van der Waals surface area contributed by atoms with Crippen LogP contribution in [0.15, 0.2) is 24.3 Å². The van der Waals surface area contributed by atoms with Gasteiger partial charge in [0, 0.05) is 17.6 Å². The predicted molar refractivity (Wildman–Crippen MR) is 100 cm³/mol. The molecule has 1 N–H and O–H groups in total. The van der Waals surface area contributed by atoms with E-state index in [4.69, 9.17) is 23.7 Å². The zero-order chi connectivity index (χ0) is 21.4. The maximum atomic E-state index is 11.7. The first-order valence-corrected chi connectivity index (χ1v) is 8.87. The van der Waals surface area contributed by atoms with Gasteiger partial charge in [-0.05, 0) is 17.7 Å². The second-order valence-electron chi connectivity index (χ2n) is 6.80. The largest absolute Gasteiger partial charge is 0.496 e. The van der Waals surface area contributed by atoms with Crippen molar-refractivity contribution in [3.8, 4) is 11.5 Å². The predicted octanol–water partition coefficient (Wildman–Crippen LogP) is 1.52. The molecule has 1 aliphatic heterocycles. The number of benzene rings is 1. The maximum Gasteiger partial charge on any atom is 0.331 e. The Bertz CT molecular complexity index is 723. The fraction of sp³-hybridized carbons (Fsp3) is 0.500. The van der Waals surface area contributed by atoms with Crippen LogP contribution in [0, 0.1) is 5.41 Å². The van der Waals surface area contributed by atoms with Gasteiger partial charge in [0.15, 0.2) is 6.29 Å². The number of rotatable bonds is 8. The van der Waals surface area contributed by atoms with Crippen LogP contribution >= 0.6 is 0 Å². The van der Waals surface area contributed by atoms with E-state index >= 15 is 0 Å². The van der Waals surface area contributed by atoms with E-state index in [-0.39, 0.29) is 26.4 Å². The molecule has 29 heavy (non-hydrogen) atoms. The molecular weight excluding hydrogens is 384 g/mol. The third-order valence-electron chi connectivity index (χ3n) is 4.31. The van der Waals surface area contributed by atoms with Crippen molar-refractivity contribution in [2.24, 2.45) is 5.41 Å². The zero-order valence-corrected chi connectivity index (χ0v) is 16.9. The lowest BCUT2D eigenvalue weighted by molar-refractivity contribution is -0.239. The highest BCUT2D eigenvalue weighted by molar-refractivity contribution is 5.91. The Morgan fingerprint density at radius 2 is 1.66 bits per heavy atom. The van der Waals surface area contributed by atoms with Crippen molar-refractivity contribution >= 4 is 11.9 Å². The average Bonchev–Trinajstić information content (AvgIpc) is 2.75. The summed E-state index contributed by atoms with van der Waals surface area (Å²) in [6.45, 7) is 2.23. The summed E-state index contributed by atoms with van der Waals surface area (Å²) in [4.78, 5) is 22.7. The van der Waals surface area contributed by atoms with E-state index in [1.807, 2.05) is 6.92 Å². The van der Waals surface area contributed by atoms with Gasteiger partial charge in [0.05, 0.1) is 46.7 Å². The van der Waals surface area contributed by atoms with Gasteiger partial charge in [-0.1, -0.05) is 6.92 Å². The summed E-state index contributed by atoms with van der Waals surface area (Å²) in [5.41, 5.74) is 0.638. The van der Waals surface area contributed by atoms with Crippen LogP contribution in [0.3, 0.4) is 0 Å². The second kappa shape index (κ2) is 10.2. The van der Waals surface area contributed by atoms with Crippen molar-refractivity contribution in [2.45, 2.75) is 19.8 Å². The van der Waals surface area contributed by atoms with Gasteiger partial charge in [-0.15, -0.1) is 0 Å². The second-order valence-corrected chi connectivity index (χ2v) is 6.80. The molecule has 0 atom stereocenters. The molecule has 0 unspecified atom stereocenters. The molecule has 2 rings (SSSR count). The van der Waals surface area contributed by atoms with Crippen molar-refractivity contribution in [2.75, 3.05) is 41.2 Å². The van der Waals surface area contributed by atoms with Crippen LogP contribution in [0.25, 0.3) is 0 Å². The highest BCUT2D eigenvalue weighted by Crippen LogP contribution is 2.41. The molecule has 0 aromatic heterocycles. The summed E-state index contributed by atoms with van der Waals surface area (Å²) >= 11 is 0. The average molecular weight is 410 g/mol. The Morgan fingerprint density at radius 1 is 1.10 bits per heavy atom. The molecule has 1 aliphatic rings. The lowest BCUT2D eigenvalue weighted by Crippen LogP contribution is -2.40. The highest BCUT2D eigenvalue weighted by atomic mass is 16.7. The van der Waals surface area contributed by atoms with E-state index in [1.165, 1.54) is 21.3 Å². The molecule has 1 aromatic rings. The van der Waals surface area contributed by atoms with E-state index in [9.17, 15) is 14.7 Å². The van der Waals surface area contributed by atoms with Crippen molar-refractivity contribution in [1.82, 2.24) is 0 Å². The summed E-state index contributed by atoms with van der Waals surface area (Å²) in [7, 11) is 4.23. The number of carbonyl (C=O) groups is 2. The number of esters is 2. The minimum Gasteiger partial charge on any atom is -0.496 e. The van der Waals surface area contributed by atoms with Crippen LogP contribution in [0.5, 0.6) is 11.5 Å². The van der Waals surface area contributed by atoms with Gasteiger partial charge in [0.2, 0.25) is 0 Å². The third kappa shape index (κ3) is 5.93. The Kier molecular flexibility index (Phi) is 8.00. The lowest BCUT2D eigenvalue weighted by atomic mass is 9.93. The van der Waals surface area contributed by atoms with Gasteiger partial charge in [-0.3, -0.25) is 0 Å². The Labute approximate surface area is 169 Å². The molecule has 1 heterocycles. The van der Waals surface area contributed by atoms with E-state index in [0.29, 0.717) is 22.6 Å². The minimum absolute atomic E-state index is 0.0434. The molecule has 1 aromatic carbocycles. The Balaban J connectivity index is 2.02. The van der Waals surface area contributed by atoms with Crippen molar-refractivity contribution in [1.29, 1.82) is 0 Å². The summed E-state index contributed by atoms with van der Waals surface area (Å²) in [5, 5.41) is 9.39. The van der Waals surface area contributed by atoms with E-state index in [0.717, 1.165) is 12.2 Å². The molecule has 1 saturated heterocycles. The number of hydrogen-bond donors (Lipinski definition) is 1. The maximum absolute atomic E-state index is 11.7. The van der Waals surface area contributed by atoms with Gasteiger partial charge in [0.25, 0.3) is 0 Å². The summed E-state index contributed by atoms with van der Waals surface area (Å²) < 4.78 is 32.1. The van der Waals surface area contributed by atoms with Crippen molar-refractivity contribution < 1.29 is 43.1 Å². The van der Waals surface area contributed by atoms with Crippen LogP contribution in [0.2, 0.25) is 0 Å². The summed E-state index contributed by atoms with van der Waals surface area (Å²) in [6.07, 6.45) is 1.25. The van der Waals surface area contributed by atoms with Crippen molar-refractivity contribution in [3.63, 3.8) is 0 Å².